The number of hydrogen-bond acceptors (Lipinski definition) is 3. The fourth-order valence-corrected chi connectivity index (χ4v) is 3.67. The molecule has 1 saturated heterocycles. The highest BCUT2D eigenvalue weighted by atomic mass is 19.4. The number of amides is 1. The van der Waals surface area contributed by atoms with Gasteiger partial charge in [-0.2, -0.15) is 26.3 Å². The summed E-state index contributed by atoms with van der Waals surface area (Å²) in [6.45, 7) is -0.539. The molecule has 0 bridgehead atoms. The molecule has 0 unspecified atom stereocenters. The second kappa shape index (κ2) is 9.53. The summed E-state index contributed by atoms with van der Waals surface area (Å²) < 4.78 is 84.4. The zero-order valence-electron chi connectivity index (χ0n) is 18.0. The van der Waals surface area contributed by atoms with Crippen LogP contribution in [0.2, 0.25) is 0 Å². The number of halogens is 6. The van der Waals surface area contributed by atoms with E-state index in [9.17, 15) is 31.1 Å². The Labute approximate surface area is 191 Å². The Morgan fingerprint density at radius 1 is 1.09 bits per heavy atom. The lowest BCUT2D eigenvalue weighted by Gasteiger charge is -2.29. The average Bonchev–Trinajstić information content (AvgIpc) is 3.08. The van der Waals surface area contributed by atoms with Crippen molar-refractivity contribution in [1.29, 1.82) is 0 Å². The maximum Gasteiger partial charge on any atom is 0.416 e. The van der Waals surface area contributed by atoms with Gasteiger partial charge in [0, 0.05) is 7.05 Å². The van der Waals surface area contributed by atoms with E-state index in [4.69, 9.17) is 10.5 Å². The molecule has 12 heteroatoms. The molecule has 1 amide bonds. The number of nitrogens with zero attached hydrogens (tertiary/aromatic N) is 2. The van der Waals surface area contributed by atoms with Crippen molar-refractivity contribution in [3.63, 3.8) is 0 Å². The number of likely N-dealkylation sites (N-methyl/N-ethyl adjacent to an activating group) is 1. The SMILES string of the molecule is CN1C[C@@](COCc2cc(C(F)(F)F)cc(C(F)(F)F)c2)(c2ccccc2)NC1=NCC(N)=O. The van der Waals surface area contributed by atoms with Crippen LogP contribution in [0.5, 0.6) is 0 Å². The molecule has 0 aromatic heterocycles. The molecule has 0 saturated carbocycles. The van der Waals surface area contributed by atoms with Crippen LogP contribution in [-0.4, -0.2) is 43.5 Å². The molecule has 1 heterocycles. The van der Waals surface area contributed by atoms with Crippen molar-refractivity contribution >= 4 is 11.9 Å². The number of alkyl halides is 6. The highest BCUT2D eigenvalue weighted by Gasteiger charge is 2.42. The number of nitrogens with one attached hydrogen (secondary N) is 1. The molecule has 1 fully saturated rings. The van der Waals surface area contributed by atoms with E-state index < -0.39 is 41.5 Å². The van der Waals surface area contributed by atoms with Gasteiger partial charge in [0.15, 0.2) is 5.96 Å². The second-order valence-electron chi connectivity index (χ2n) is 7.94. The second-order valence-corrected chi connectivity index (χ2v) is 7.94. The molecule has 0 spiro atoms. The van der Waals surface area contributed by atoms with Crippen molar-refractivity contribution in [1.82, 2.24) is 10.2 Å². The van der Waals surface area contributed by atoms with Crippen molar-refractivity contribution in [2.24, 2.45) is 10.7 Å². The quantitative estimate of drug-likeness (QED) is 0.585. The summed E-state index contributed by atoms with van der Waals surface area (Å²) in [6.07, 6.45) is -9.88. The van der Waals surface area contributed by atoms with Crippen LogP contribution in [0.4, 0.5) is 26.3 Å². The van der Waals surface area contributed by atoms with Gasteiger partial charge in [0.05, 0.1) is 30.9 Å². The number of rotatable bonds is 7. The van der Waals surface area contributed by atoms with Crippen molar-refractivity contribution in [2.45, 2.75) is 24.5 Å². The zero-order chi connectivity index (χ0) is 25.1. The van der Waals surface area contributed by atoms with Gasteiger partial charge in [-0.1, -0.05) is 30.3 Å². The summed E-state index contributed by atoms with van der Waals surface area (Å²) in [5.74, 6) is -0.286. The number of nitrogens with two attached hydrogens (primary N) is 1. The molecule has 2 aromatic carbocycles. The van der Waals surface area contributed by atoms with Gasteiger partial charge in [0.1, 0.15) is 12.1 Å². The first kappa shape index (κ1) is 25.3. The maximum absolute atomic E-state index is 13.1. The van der Waals surface area contributed by atoms with Gasteiger partial charge in [-0.05, 0) is 29.3 Å². The number of ether oxygens (including phenoxy) is 1. The fourth-order valence-electron chi connectivity index (χ4n) is 3.67. The normalized spacial score (nSPS) is 20.0. The maximum atomic E-state index is 13.1. The first-order valence-corrected chi connectivity index (χ1v) is 10.0. The minimum atomic E-state index is -4.94. The zero-order valence-corrected chi connectivity index (χ0v) is 18.0. The van der Waals surface area contributed by atoms with Gasteiger partial charge in [-0.15, -0.1) is 0 Å². The third-order valence-corrected chi connectivity index (χ3v) is 5.20. The van der Waals surface area contributed by atoms with Gasteiger partial charge < -0.3 is 20.7 Å². The van der Waals surface area contributed by atoms with Crippen molar-refractivity contribution in [2.75, 3.05) is 26.7 Å². The van der Waals surface area contributed by atoms with E-state index >= 15 is 0 Å². The lowest BCUT2D eigenvalue weighted by molar-refractivity contribution is -0.143. The van der Waals surface area contributed by atoms with Crippen LogP contribution < -0.4 is 11.1 Å². The van der Waals surface area contributed by atoms with E-state index in [0.29, 0.717) is 24.6 Å². The van der Waals surface area contributed by atoms with Gasteiger partial charge in [-0.25, -0.2) is 4.99 Å². The number of hydrogen-bond donors (Lipinski definition) is 2. The number of primary amides is 1. The average molecular weight is 488 g/mol. The molecule has 2 aromatic rings. The summed E-state index contributed by atoms with van der Waals surface area (Å²) in [4.78, 5) is 16.9. The van der Waals surface area contributed by atoms with Crippen LogP contribution in [0.25, 0.3) is 0 Å². The molecule has 1 aliphatic rings. The summed E-state index contributed by atoms with van der Waals surface area (Å²) >= 11 is 0. The van der Waals surface area contributed by atoms with Gasteiger partial charge in [0.2, 0.25) is 5.91 Å². The highest BCUT2D eigenvalue weighted by Crippen LogP contribution is 2.36. The Hall–Kier alpha value is -3.28. The third-order valence-electron chi connectivity index (χ3n) is 5.20. The fraction of sp³-hybridized carbons (Fsp3) is 0.364. The Morgan fingerprint density at radius 3 is 2.21 bits per heavy atom. The van der Waals surface area contributed by atoms with Crippen LogP contribution in [0.3, 0.4) is 0 Å². The predicted molar refractivity (Wildman–Crippen MR) is 111 cm³/mol. The smallest absolute Gasteiger partial charge is 0.374 e. The predicted octanol–water partition coefficient (Wildman–Crippen LogP) is 3.51. The molecule has 184 valence electrons. The van der Waals surface area contributed by atoms with E-state index in [1.807, 2.05) is 0 Å². The number of carbonyl (C=O) groups is 1. The summed E-state index contributed by atoms with van der Waals surface area (Å²) in [6, 6.07) is 10.3. The number of aliphatic imine (C=N–C) groups is 1. The Kier molecular flexibility index (Phi) is 7.10. The first-order chi connectivity index (χ1) is 15.8. The monoisotopic (exact) mass is 488 g/mol. The van der Waals surface area contributed by atoms with Crippen LogP contribution >= 0.6 is 0 Å². The minimum absolute atomic E-state index is 0.0733. The van der Waals surface area contributed by atoms with Crippen LogP contribution in [-0.2, 0) is 34.0 Å². The molecule has 6 nitrogen and oxygen atoms in total. The van der Waals surface area contributed by atoms with Gasteiger partial charge >= 0.3 is 12.4 Å². The third kappa shape index (κ3) is 5.99. The van der Waals surface area contributed by atoms with E-state index in [2.05, 4.69) is 10.3 Å². The molecular formula is C22H22F6N4O2. The molecule has 0 radical (unpaired) electrons. The minimum Gasteiger partial charge on any atom is -0.374 e. The molecule has 0 aliphatic carbocycles. The van der Waals surface area contributed by atoms with Gasteiger partial charge in [0.25, 0.3) is 0 Å². The van der Waals surface area contributed by atoms with Crippen molar-refractivity contribution in [3.05, 3.63) is 70.8 Å². The Morgan fingerprint density at radius 2 is 1.68 bits per heavy atom. The van der Waals surface area contributed by atoms with Crippen molar-refractivity contribution in [3.8, 4) is 0 Å². The standard InChI is InChI=1S/C22H22F6N4O2/c1-32-12-20(15-5-3-2-4-6-15,31-19(32)30-10-18(29)33)13-34-11-14-7-16(21(23,24)25)9-17(8-14)22(26,27)28/h2-9H,10-13H2,1H3,(H2,29,33)(H,30,31)/t20-/m1/s1. The Bertz CT molecular complexity index is 1020. The molecular weight excluding hydrogens is 466 g/mol. The molecule has 1 aliphatic heterocycles. The molecule has 34 heavy (non-hydrogen) atoms. The number of guanidine groups is 1. The van der Waals surface area contributed by atoms with Crippen LogP contribution in [0, 0.1) is 0 Å². The first-order valence-electron chi connectivity index (χ1n) is 10.0. The number of carbonyl (C=O) groups excluding carboxylic acids is 1. The van der Waals surface area contributed by atoms with E-state index in [1.165, 1.54) is 0 Å². The number of benzene rings is 2. The lowest BCUT2D eigenvalue weighted by atomic mass is 9.91. The van der Waals surface area contributed by atoms with Gasteiger partial charge in [-0.3, -0.25) is 4.79 Å². The summed E-state index contributed by atoms with van der Waals surface area (Å²) in [5, 5.41) is 3.17. The summed E-state index contributed by atoms with van der Waals surface area (Å²) in [7, 11) is 1.71. The molecule has 3 N–H and O–H groups in total. The van der Waals surface area contributed by atoms with Crippen LogP contribution in [0.1, 0.15) is 22.3 Å². The Balaban J connectivity index is 1.85. The summed E-state index contributed by atoms with van der Waals surface area (Å²) in [5.41, 5.74) is 1.91. The molecule has 3 rings (SSSR count). The lowest BCUT2D eigenvalue weighted by Crippen LogP contribution is -2.45. The van der Waals surface area contributed by atoms with E-state index in [0.717, 1.165) is 5.56 Å². The van der Waals surface area contributed by atoms with E-state index in [1.54, 1.807) is 42.3 Å². The topological polar surface area (TPSA) is 79.9 Å². The highest BCUT2D eigenvalue weighted by molar-refractivity contribution is 5.86. The van der Waals surface area contributed by atoms with Crippen molar-refractivity contribution < 1.29 is 35.9 Å². The van der Waals surface area contributed by atoms with Crippen LogP contribution in [0.15, 0.2) is 53.5 Å². The molecule has 1 atom stereocenters. The van der Waals surface area contributed by atoms with E-state index in [-0.39, 0.29) is 24.8 Å². The largest absolute Gasteiger partial charge is 0.416 e.